The number of nitrogens with one attached hydrogen (secondary N) is 1. The van der Waals surface area contributed by atoms with Gasteiger partial charge in [0.25, 0.3) is 5.91 Å². The quantitative estimate of drug-likeness (QED) is 0.747. The number of anilines is 2. The normalized spacial score (nSPS) is 14.4. The third-order valence-electron chi connectivity index (χ3n) is 5.16. The molecule has 1 fully saturated rings. The number of amides is 2. The molecule has 0 unspecified atom stereocenters. The van der Waals surface area contributed by atoms with Crippen LogP contribution in [0.15, 0.2) is 48.5 Å². The Labute approximate surface area is 182 Å². The highest BCUT2D eigenvalue weighted by molar-refractivity contribution is 6.30. The van der Waals surface area contributed by atoms with Gasteiger partial charge in [-0.3, -0.25) is 9.59 Å². The summed E-state index contributed by atoms with van der Waals surface area (Å²) in [6.45, 7) is 8.16. The fourth-order valence-electron chi connectivity index (χ4n) is 3.39. The molecule has 0 aromatic heterocycles. The Hall–Kier alpha value is -2.73. The van der Waals surface area contributed by atoms with Gasteiger partial charge in [0.2, 0.25) is 5.91 Å². The number of nitrogens with zero attached hydrogens (tertiary/aromatic N) is 2. The zero-order valence-electron chi connectivity index (χ0n) is 17.7. The highest BCUT2D eigenvalue weighted by Gasteiger charge is 2.31. The topological polar surface area (TPSA) is 61.9 Å². The van der Waals surface area contributed by atoms with Crippen molar-refractivity contribution in [2.75, 3.05) is 36.4 Å². The minimum Gasteiger partial charge on any atom is -0.478 e. The van der Waals surface area contributed by atoms with Crippen molar-refractivity contribution in [3.63, 3.8) is 0 Å². The van der Waals surface area contributed by atoms with Crippen LogP contribution in [0.3, 0.4) is 0 Å². The summed E-state index contributed by atoms with van der Waals surface area (Å²) >= 11 is 5.92. The molecule has 1 saturated heterocycles. The molecule has 160 valence electrons. The summed E-state index contributed by atoms with van der Waals surface area (Å²) in [5, 5.41) is 3.62. The van der Waals surface area contributed by atoms with E-state index >= 15 is 0 Å². The Morgan fingerprint density at radius 1 is 1.03 bits per heavy atom. The van der Waals surface area contributed by atoms with Crippen LogP contribution in [0.25, 0.3) is 0 Å². The number of piperazine rings is 1. The molecule has 2 aromatic rings. The summed E-state index contributed by atoms with van der Waals surface area (Å²) in [7, 11) is 0. The lowest BCUT2D eigenvalue weighted by atomic mass is 10.1. The maximum Gasteiger partial charge on any atom is 0.268 e. The Kier molecular flexibility index (Phi) is 6.87. The summed E-state index contributed by atoms with van der Waals surface area (Å²) in [5.41, 5.74) is 0.593. The van der Waals surface area contributed by atoms with Gasteiger partial charge in [-0.2, -0.15) is 0 Å². The monoisotopic (exact) mass is 429 g/mol. The number of hydrogen-bond donors (Lipinski definition) is 1. The second-order valence-electron chi connectivity index (χ2n) is 7.76. The van der Waals surface area contributed by atoms with Crippen molar-refractivity contribution in [1.29, 1.82) is 0 Å². The fourth-order valence-corrected chi connectivity index (χ4v) is 3.52. The van der Waals surface area contributed by atoms with Gasteiger partial charge < -0.3 is 19.9 Å². The maximum atomic E-state index is 13.0. The Bertz CT molecular complexity index is 891. The van der Waals surface area contributed by atoms with E-state index in [1.165, 1.54) is 0 Å². The van der Waals surface area contributed by atoms with Gasteiger partial charge in [-0.1, -0.05) is 30.7 Å². The van der Waals surface area contributed by atoms with Crippen LogP contribution in [0.2, 0.25) is 5.02 Å². The van der Waals surface area contributed by atoms with Gasteiger partial charge in [-0.25, -0.2) is 0 Å². The van der Waals surface area contributed by atoms with E-state index in [0.29, 0.717) is 30.3 Å². The Morgan fingerprint density at radius 2 is 1.67 bits per heavy atom. The Morgan fingerprint density at radius 3 is 2.30 bits per heavy atom. The smallest absolute Gasteiger partial charge is 0.268 e. The third kappa shape index (κ3) is 5.25. The molecule has 1 N–H and O–H groups in total. The van der Waals surface area contributed by atoms with Crippen LogP contribution in [0.4, 0.5) is 11.4 Å². The molecule has 0 spiro atoms. The molecule has 0 aliphatic carbocycles. The van der Waals surface area contributed by atoms with Crippen molar-refractivity contribution >= 4 is 34.8 Å². The van der Waals surface area contributed by atoms with Crippen LogP contribution in [-0.4, -0.2) is 48.5 Å². The first-order chi connectivity index (χ1) is 14.3. The van der Waals surface area contributed by atoms with E-state index < -0.39 is 5.60 Å². The van der Waals surface area contributed by atoms with E-state index in [9.17, 15) is 9.59 Å². The van der Waals surface area contributed by atoms with E-state index in [4.69, 9.17) is 16.3 Å². The number of ether oxygens (including phenoxy) is 1. The highest BCUT2D eigenvalue weighted by Crippen LogP contribution is 2.28. The predicted molar refractivity (Wildman–Crippen MR) is 120 cm³/mol. The third-order valence-corrected chi connectivity index (χ3v) is 5.41. The van der Waals surface area contributed by atoms with Crippen molar-refractivity contribution < 1.29 is 14.3 Å². The molecular formula is C23H28ClN3O3. The summed E-state index contributed by atoms with van der Waals surface area (Å²) in [6, 6.07) is 14.6. The molecule has 7 heteroatoms. The van der Waals surface area contributed by atoms with E-state index in [-0.39, 0.29) is 11.8 Å². The van der Waals surface area contributed by atoms with Crippen LogP contribution in [0.5, 0.6) is 5.75 Å². The summed E-state index contributed by atoms with van der Waals surface area (Å²) in [5.74, 6) is 0.506. The predicted octanol–water partition coefficient (Wildman–Crippen LogP) is 4.19. The van der Waals surface area contributed by atoms with Crippen molar-refractivity contribution in [2.24, 2.45) is 0 Å². The van der Waals surface area contributed by atoms with Gasteiger partial charge in [0, 0.05) is 37.6 Å². The van der Waals surface area contributed by atoms with Crippen molar-refractivity contribution in [3.8, 4) is 5.75 Å². The van der Waals surface area contributed by atoms with Crippen molar-refractivity contribution in [1.82, 2.24) is 4.90 Å². The number of carbonyl (C=O) groups excluding carboxylic acids is 2. The highest BCUT2D eigenvalue weighted by atomic mass is 35.5. The lowest BCUT2D eigenvalue weighted by molar-refractivity contribution is -0.131. The van der Waals surface area contributed by atoms with Crippen molar-refractivity contribution in [3.05, 3.63) is 53.6 Å². The number of halogens is 1. The molecule has 0 atom stereocenters. The SMILES string of the molecule is CCC(=O)N1CCN(c2ccccc2NC(=O)C(C)(C)Oc2ccc(Cl)cc2)CC1. The first kappa shape index (κ1) is 22.0. The summed E-state index contributed by atoms with van der Waals surface area (Å²) < 4.78 is 5.90. The van der Waals surface area contributed by atoms with E-state index in [1.54, 1.807) is 38.1 Å². The van der Waals surface area contributed by atoms with E-state index in [2.05, 4.69) is 10.2 Å². The van der Waals surface area contributed by atoms with E-state index in [0.717, 1.165) is 24.5 Å². The molecule has 0 saturated carbocycles. The van der Waals surface area contributed by atoms with Gasteiger partial charge in [-0.05, 0) is 50.2 Å². The molecule has 1 heterocycles. The van der Waals surface area contributed by atoms with Crippen molar-refractivity contribution in [2.45, 2.75) is 32.8 Å². The van der Waals surface area contributed by atoms with Crippen LogP contribution in [0, 0.1) is 0 Å². The molecule has 1 aliphatic heterocycles. The maximum absolute atomic E-state index is 13.0. The van der Waals surface area contributed by atoms with Crippen LogP contribution in [0.1, 0.15) is 27.2 Å². The first-order valence-corrected chi connectivity index (χ1v) is 10.6. The lowest BCUT2D eigenvalue weighted by Crippen LogP contribution is -2.49. The second kappa shape index (κ2) is 9.39. The molecule has 0 radical (unpaired) electrons. The summed E-state index contributed by atoms with van der Waals surface area (Å²) in [6.07, 6.45) is 0.523. The number of carbonyl (C=O) groups is 2. The largest absolute Gasteiger partial charge is 0.478 e. The standard InChI is InChI=1S/C23H28ClN3O3/c1-4-21(28)27-15-13-26(14-16-27)20-8-6-5-7-19(20)25-22(29)23(2,3)30-18-11-9-17(24)10-12-18/h5-12H,4,13-16H2,1-3H3,(H,25,29). The fraction of sp³-hybridized carbons (Fsp3) is 0.391. The zero-order valence-corrected chi connectivity index (χ0v) is 18.4. The summed E-state index contributed by atoms with van der Waals surface area (Å²) in [4.78, 5) is 29.0. The molecule has 2 amide bonds. The number of hydrogen-bond acceptors (Lipinski definition) is 4. The Balaban J connectivity index is 1.69. The molecule has 3 rings (SSSR count). The molecule has 2 aromatic carbocycles. The van der Waals surface area contributed by atoms with Crippen LogP contribution < -0.4 is 15.0 Å². The zero-order chi connectivity index (χ0) is 21.7. The van der Waals surface area contributed by atoms with Gasteiger partial charge in [0.1, 0.15) is 5.75 Å². The molecule has 6 nitrogen and oxygen atoms in total. The molecule has 30 heavy (non-hydrogen) atoms. The average Bonchev–Trinajstić information content (AvgIpc) is 2.75. The van der Waals surface area contributed by atoms with Gasteiger partial charge in [0.15, 0.2) is 5.60 Å². The second-order valence-corrected chi connectivity index (χ2v) is 8.20. The van der Waals surface area contributed by atoms with Gasteiger partial charge in [0.05, 0.1) is 11.4 Å². The van der Waals surface area contributed by atoms with Gasteiger partial charge >= 0.3 is 0 Å². The molecule has 1 aliphatic rings. The molecular weight excluding hydrogens is 402 g/mol. The average molecular weight is 430 g/mol. The van der Waals surface area contributed by atoms with Gasteiger partial charge in [-0.15, -0.1) is 0 Å². The number of rotatable bonds is 6. The molecule has 0 bridgehead atoms. The number of para-hydroxylation sites is 2. The van der Waals surface area contributed by atoms with E-state index in [1.807, 2.05) is 36.1 Å². The first-order valence-electron chi connectivity index (χ1n) is 10.2. The van der Waals surface area contributed by atoms with Crippen LogP contribution >= 0.6 is 11.6 Å². The minimum atomic E-state index is -1.08. The minimum absolute atomic E-state index is 0.178. The number of benzene rings is 2. The lowest BCUT2D eigenvalue weighted by Gasteiger charge is -2.37. The van der Waals surface area contributed by atoms with Crippen LogP contribution in [-0.2, 0) is 9.59 Å².